The Morgan fingerprint density at radius 2 is 1.95 bits per heavy atom. The number of hydrogen-bond acceptors (Lipinski definition) is 3. The first-order chi connectivity index (χ1) is 9.81. The normalized spacial score (nSPS) is 15.6. The summed E-state index contributed by atoms with van der Waals surface area (Å²) in [6, 6.07) is 5.75. The summed E-state index contributed by atoms with van der Waals surface area (Å²) in [6.45, 7) is 15.3. The Morgan fingerprint density at radius 1 is 1.29 bits per heavy atom. The van der Waals surface area contributed by atoms with E-state index >= 15 is 0 Å². The molecule has 3 heteroatoms. The summed E-state index contributed by atoms with van der Waals surface area (Å²) in [4.78, 5) is 7.43. The minimum atomic E-state index is 0.0888. The van der Waals surface area contributed by atoms with Crippen LogP contribution in [-0.4, -0.2) is 23.6 Å². The lowest BCUT2D eigenvalue weighted by Crippen LogP contribution is -2.28. The second-order valence-electron chi connectivity index (χ2n) is 7.52. The van der Waals surface area contributed by atoms with Gasteiger partial charge in [-0.15, -0.1) is 0 Å². The molecule has 0 atom stereocenters. The summed E-state index contributed by atoms with van der Waals surface area (Å²) in [5.41, 5.74) is 2.63. The number of pyridine rings is 1. The molecular weight excluding hydrogens is 258 g/mol. The van der Waals surface area contributed by atoms with Crippen molar-refractivity contribution >= 4 is 5.82 Å². The lowest BCUT2D eigenvalue weighted by molar-refractivity contribution is 0.559. The Hall–Kier alpha value is -1.09. The van der Waals surface area contributed by atoms with Crippen LogP contribution in [0.5, 0.6) is 0 Å². The van der Waals surface area contributed by atoms with Crippen molar-refractivity contribution in [2.75, 3.05) is 11.4 Å². The van der Waals surface area contributed by atoms with Crippen LogP contribution in [-0.2, 0) is 12.0 Å². The van der Waals surface area contributed by atoms with Crippen LogP contribution in [0.15, 0.2) is 12.1 Å². The van der Waals surface area contributed by atoms with E-state index in [1.165, 1.54) is 24.1 Å². The van der Waals surface area contributed by atoms with E-state index in [4.69, 9.17) is 4.98 Å². The molecule has 2 rings (SSSR count). The highest BCUT2D eigenvalue weighted by Crippen LogP contribution is 2.32. The third-order valence-electron chi connectivity index (χ3n) is 3.98. The van der Waals surface area contributed by atoms with Crippen LogP contribution >= 0.6 is 0 Å². The first-order valence-corrected chi connectivity index (χ1v) is 8.32. The molecule has 0 unspecified atom stereocenters. The monoisotopic (exact) mass is 289 g/mol. The summed E-state index contributed by atoms with van der Waals surface area (Å²) in [6.07, 6.45) is 2.63. The average Bonchev–Trinajstić information content (AvgIpc) is 3.21. The van der Waals surface area contributed by atoms with Gasteiger partial charge >= 0.3 is 0 Å². The zero-order valence-electron chi connectivity index (χ0n) is 14.5. The predicted octanol–water partition coefficient (Wildman–Crippen LogP) is 3.87. The van der Waals surface area contributed by atoms with Crippen LogP contribution in [0.1, 0.15) is 65.6 Å². The average molecular weight is 289 g/mol. The van der Waals surface area contributed by atoms with Crippen LogP contribution in [0, 0.1) is 0 Å². The maximum Gasteiger partial charge on any atom is 0.129 e. The molecule has 21 heavy (non-hydrogen) atoms. The van der Waals surface area contributed by atoms with Crippen molar-refractivity contribution in [3.8, 4) is 0 Å². The summed E-state index contributed by atoms with van der Waals surface area (Å²) in [5.74, 6) is 1.16. The van der Waals surface area contributed by atoms with Gasteiger partial charge in [0.05, 0.1) is 0 Å². The van der Waals surface area contributed by atoms with Gasteiger partial charge in [0.25, 0.3) is 0 Å². The fourth-order valence-corrected chi connectivity index (χ4v) is 2.52. The molecule has 118 valence electrons. The molecule has 0 saturated heterocycles. The number of rotatable bonds is 6. The smallest absolute Gasteiger partial charge is 0.129 e. The van der Waals surface area contributed by atoms with Gasteiger partial charge in [0.2, 0.25) is 0 Å². The highest BCUT2D eigenvalue weighted by Gasteiger charge is 2.30. The molecule has 0 spiro atoms. The molecule has 1 heterocycles. The number of nitrogens with zero attached hydrogens (tertiary/aromatic N) is 2. The Bertz CT molecular complexity index is 470. The molecule has 1 aromatic rings. The fraction of sp³-hybridized carbons (Fsp3) is 0.722. The quantitative estimate of drug-likeness (QED) is 0.862. The highest BCUT2D eigenvalue weighted by atomic mass is 15.2. The zero-order valence-corrected chi connectivity index (χ0v) is 14.5. The van der Waals surface area contributed by atoms with Crippen molar-refractivity contribution in [3.63, 3.8) is 0 Å². The van der Waals surface area contributed by atoms with E-state index in [2.05, 4.69) is 63.9 Å². The van der Waals surface area contributed by atoms with Gasteiger partial charge in [-0.1, -0.05) is 34.6 Å². The number of hydrogen-bond donors (Lipinski definition) is 1. The second kappa shape index (κ2) is 6.35. The van der Waals surface area contributed by atoms with Crippen LogP contribution in [0.25, 0.3) is 0 Å². The van der Waals surface area contributed by atoms with Gasteiger partial charge in [-0.2, -0.15) is 0 Å². The minimum Gasteiger partial charge on any atom is -0.354 e. The van der Waals surface area contributed by atoms with E-state index in [9.17, 15) is 0 Å². The molecule has 1 aliphatic carbocycles. The molecular formula is C18H31N3. The molecule has 0 amide bonds. The second-order valence-corrected chi connectivity index (χ2v) is 7.52. The predicted molar refractivity (Wildman–Crippen MR) is 91.0 cm³/mol. The molecule has 0 aliphatic heterocycles. The lowest BCUT2D eigenvalue weighted by atomic mass is 9.90. The molecule has 1 aromatic heterocycles. The molecule has 1 saturated carbocycles. The SMILES string of the molecule is CCN(c1cc(CNC(C)C)cc(C(C)(C)C)n1)C1CC1. The molecule has 0 aromatic carbocycles. The standard InChI is InChI=1S/C18H31N3/c1-7-21(15-8-9-15)17-11-14(12-19-13(2)3)10-16(20-17)18(4,5)6/h10-11,13,15,19H,7-9,12H2,1-6H3. The maximum atomic E-state index is 4.96. The molecule has 1 fully saturated rings. The Morgan fingerprint density at radius 3 is 2.43 bits per heavy atom. The molecule has 1 aliphatic rings. The lowest BCUT2D eigenvalue weighted by Gasteiger charge is -2.26. The summed E-state index contributed by atoms with van der Waals surface area (Å²) in [5, 5.41) is 3.52. The van der Waals surface area contributed by atoms with E-state index in [0.29, 0.717) is 12.1 Å². The number of nitrogens with one attached hydrogen (secondary N) is 1. The number of aromatic nitrogens is 1. The van der Waals surface area contributed by atoms with Gasteiger partial charge in [-0.3, -0.25) is 0 Å². The van der Waals surface area contributed by atoms with E-state index < -0.39 is 0 Å². The van der Waals surface area contributed by atoms with Crippen LogP contribution < -0.4 is 10.2 Å². The first-order valence-electron chi connectivity index (χ1n) is 8.32. The van der Waals surface area contributed by atoms with Gasteiger partial charge in [-0.05, 0) is 37.5 Å². The first kappa shape index (κ1) is 16.3. The largest absolute Gasteiger partial charge is 0.354 e. The van der Waals surface area contributed by atoms with E-state index in [0.717, 1.165) is 18.9 Å². The van der Waals surface area contributed by atoms with E-state index in [-0.39, 0.29) is 5.41 Å². The van der Waals surface area contributed by atoms with Crippen molar-refractivity contribution < 1.29 is 0 Å². The van der Waals surface area contributed by atoms with E-state index in [1.807, 2.05) is 0 Å². The van der Waals surface area contributed by atoms with Gasteiger partial charge in [0.15, 0.2) is 0 Å². The zero-order chi connectivity index (χ0) is 15.6. The maximum absolute atomic E-state index is 4.96. The van der Waals surface area contributed by atoms with Gasteiger partial charge < -0.3 is 10.2 Å². The third-order valence-corrected chi connectivity index (χ3v) is 3.98. The van der Waals surface area contributed by atoms with Crippen LogP contribution in [0.3, 0.4) is 0 Å². The van der Waals surface area contributed by atoms with Crippen molar-refractivity contribution in [3.05, 3.63) is 23.4 Å². The third kappa shape index (κ3) is 4.44. The van der Waals surface area contributed by atoms with Crippen molar-refractivity contribution in [2.24, 2.45) is 0 Å². The summed E-state index contributed by atoms with van der Waals surface area (Å²) < 4.78 is 0. The van der Waals surface area contributed by atoms with Crippen molar-refractivity contribution in [1.82, 2.24) is 10.3 Å². The van der Waals surface area contributed by atoms with Crippen LogP contribution in [0.2, 0.25) is 0 Å². The number of anilines is 1. The van der Waals surface area contributed by atoms with Crippen molar-refractivity contribution in [2.45, 2.75) is 78.4 Å². The molecule has 3 nitrogen and oxygen atoms in total. The van der Waals surface area contributed by atoms with Gasteiger partial charge in [0.1, 0.15) is 5.82 Å². The van der Waals surface area contributed by atoms with Gasteiger partial charge in [-0.25, -0.2) is 4.98 Å². The molecule has 0 radical (unpaired) electrons. The highest BCUT2D eigenvalue weighted by molar-refractivity contribution is 5.46. The molecule has 1 N–H and O–H groups in total. The Balaban J connectivity index is 2.31. The summed E-state index contributed by atoms with van der Waals surface area (Å²) >= 11 is 0. The minimum absolute atomic E-state index is 0.0888. The Labute approximate surface area is 130 Å². The Kier molecular flexibility index (Phi) is 4.92. The van der Waals surface area contributed by atoms with Crippen molar-refractivity contribution in [1.29, 1.82) is 0 Å². The van der Waals surface area contributed by atoms with E-state index in [1.54, 1.807) is 0 Å². The summed E-state index contributed by atoms with van der Waals surface area (Å²) in [7, 11) is 0. The van der Waals surface area contributed by atoms with Crippen LogP contribution in [0.4, 0.5) is 5.82 Å². The topological polar surface area (TPSA) is 28.2 Å². The fourth-order valence-electron chi connectivity index (χ4n) is 2.52. The van der Waals surface area contributed by atoms with Gasteiger partial charge in [0, 0.05) is 36.3 Å². The molecule has 0 bridgehead atoms.